The Morgan fingerprint density at radius 2 is 1.82 bits per heavy atom. The predicted octanol–water partition coefficient (Wildman–Crippen LogP) is 0.847. The van der Waals surface area contributed by atoms with Gasteiger partial charge in [-0.05, 0) is 24.6 Å². The fourth-order valence-corrected chi connectivity index (χ4v) is 3.32. The van der Waals surface area contributed by atoms with Crippen LogP contribution >= 0.6 is 11.6 Å². The maximum atomic E-state index is 12.4. The third-order valence-electron chi connectivity index (χ3n) is 3.15. The second-order valence-corrected chi connectivity index (χ2v) is 6.90. The smallest absolute Gasteiger partial charge is 0.302 e. The Hall–Kier alpha value is -2.06. The summed E-state index contributed by atoms with van der Waals surface area (Å²) in [4.78, 5) is 23.1. The fraction of sp³-hybridized carbons (Fsp3) is 0.231. The van der Waals surface area contributed by atoms with Crippen molar-refractivity contribution in [3.63, 3.8) is 0 Å². The minimum absolute atomic E-state index is 0.267. The highest BCUT2D eigenvalue weighted by molar-refractivity contribution is 7.92. The highest BCUT2D eigenvalue weighted by Gasteiger charge is 2.22. The first-order valence-corrected chi connectivity index (χ1v) is 8.05. The Morgan fingerprint density at radius 3 is 2.45 bits per heavy atom. The van der Waals surface area contributed by atoms with E-state index >= 15 is 0 Å². The van der Waals surface area contributed by atoms with E-state index in [0.29, 0.717) is 10.6 Å². The van der Waals surface area contributed by atoms with Crippen LogP contribution in [0.4, 0.5) is 5.69 Å². The van der Waals surface area contributed by atoms with Crippen LogP contribution in [0.25, 0.3) is 0 Å². The van der Waals surface area contributed by atoms with Gasteiger partial charge in [-0.25, -0.2) is 13.2 Å². The molecule has 1 heterocycles. The lowest BCUT2D eigenvalue weighted by Gasteiger charge is -2.12. The topological polar surface area (TPSA) is 90.2 Å². The molecule has 22 heavy (non-hydrogen) atoms. The maximum Gasteiger partial charge on any atom is 0.330 e. The summed E-state index contributed by atoms with van der Waals surface area (Å²) in [5.74, 6) is 0. The van der Waals surface area contributed by atoms with E-state index in [1.165, 1.54) is 20.2 Å². The van der Waals surface area contributed by atoms with E-state index < -0.39 is 26.2 Å². The lowest BCUT2D eigenvalue weighted by molar-refractivity contribution is 0.589. The van der Waals surface area contributed by atoms with Crippen molar-refractivity contribution < 1.29 is 8.42 Å². The van der Waals surface area contributed by atoms with Crippen LogP contribution in [0.3, 0.4) is 0 Å². The third kappa shape index (κ3) is 2.93. The molecule has 0 spiro atoms. The molecule has 9 heteroatoms. The van der Waals surface area contributed by atoms with Crippen LogP contribution in [-0.2, 0) is 24.1 Å². The molecule has 0 bridgehead atoms. The molecule has 0 aliphatic heterocycles. The van der Waals surface area contributed by atoms with Crippen molar-refractivity contribution in [2.45, 2.75) is 11.8 Å². The molecule has 0 unspecified atom stereocenters. The van der Waals surface area contributed by atoms with Crippen LogP contribution in [0.1, 0.15) is 5.56 Å². The summed E-state index contributed by atoms with van der Waals surface area (Å²) in [7, 11) is -1.56. The van der Waals surface area contributed by atoms with Crippen molar-refractivity contribution >= 4 is 27.3 Å². The lowest BCUT2D eigenvalue weighted by Crippen LogP contribution is -2.40. The number of aromatic nitrogens is 2. The Bertz CT molecular complexity index is 960. The van der Waals surface area contributed by atoms with Gasteiger partial charge < -0.3 is 4.57 Å². The zero-order chi connectivity index (χ0) is 16.7. The first-order chi connectivity index (χ1) is 10.1. The van der Waals surface area contributed by atoms with E-state index in [1.54, 1.807) is 19.1 Å². The summed E-state index contributed by atoms with van der Waals surface area (Å²) in [5.41, 5.74) is -0.587. The first kappa shape index (κ1) is 16.3. The molecule has 0 saturated carbocycles. The van der Waals surface area contributed by atoms with Gasteiger partial charge in [-0.3, -0.25) is 14.1 Å². The second-order valence-electron chi connectivity index (χ2n) is 4.82. The van der Waals surface area contributed by atoms with Gasteiger partial charge in [0.25, 0.3) is 15.6 Å². The summed E-state index contributed by atoms with van der Waals surface area (Å²) < 4.78 is 28.9. The average molecular weight is 344 g/mol. The Kier molecular flexibility index (Phi) is 4.17. The van der Waals surface area contributed by atoms with E-state index in [2.05, 4.69) is 4.72 Å². The molecule has 1 aromatic heterocycles. The fourth-order valence-electron chi connectivity index (χ4n) is 1.86. The Morgan fingerprint density at radius 1 is 1.18 bits per heavy atom. The number of sulfonamides is 1. The van der Waals surface area contributed by atoms with Crippen LogP contribution in [0.2, 0.25) is 5.02 Å². The number of rotatable bonds is 3. The van der Waals surface area contributed by atoms with Crippen molar-refractivity contribution in [3.8, 4) is 0 Å². The van der Waals surface area contributed by atoms with Gasteiger partial charge in [0.15, 0.2) is 4.90 Å². The number of benzene rings is 1. The number of nitrogens with zero attached hydrogens (tertiary/aromatic N) is 2. The zero-order valence-electron chi connectivity index (χ0n) is 12.1. The maximum absolute atomic E-state index is 12.4. The molecule has 0 radical (unpaired) electrons. The molecule has 0 saturated heterocycles. The molecule has 0 amide bonds. The molecule has 7 nitrogen and oxygen atoms in total. The van der Waals surface area contributed by atoms with Gasteiger partial charge in [-0.2, -0.15) is 0 Å². The van der Waals surface area contributed by atoms with Gasteiger partial charge in [0.2, 0.25) is 0 Å². The van der Waals surface area contributed by atoms with E-state index in [0.717, 1.165) is 15.3 Å². The zero-order valence-corrected chi connectivity index (χ0v) is 13.7. The third-order valence-corrected chi connectivity index (χ3v) is 4.73. The molecule has 0 aliphatic rings. The van der Waals surface area contributed by atoms with Gasteiger partial charge >= 0.3 is 5.69 Å². The lowest BCUT2D eigenvalue weighted by atomic mass is 10.2. The van der Waals surface area contributed by atoms with Crippen LogP contribution in [0.5, 0.6) is 0 Å². The van der Waals surface area contributed by atoms with Crippen molar-refractivity contribution in [1.29, 1.82) is 0 Å². The number of aryl methyl sites for hydroxylation is 2. The summed E-state index contributed by atoms with van der Waals surface area (Å²) >= 11 is 5.85. The molecule has 0 fully saturated rings. The van der Waals surface area contributed by atoms with Gasteiger partial charge in [-0.1, -0.05) is 17.7 Å². The predicted molar refractivity (Wildman–Crippen MR) is 83.9 cm³/mol. The van der Waals surface area contributed by atoms with Crippen molar-refractivity contribution in [3.05, 3.63) is 55.8 Å². The molecule has 0 aliphatic carbocycles. The monoisotopic (exact) mass is 343 g/mol. The second kappa shape index (κ2) is 5.62. The number of anilines is 1. The van der Waals surface area contributed by atoms with E-state index in [-0.39, 0.29) is 5.69 Å². The van der Waals surface area contributed by atoms with Crippen molar-refractivity contribution in [2.24, 2.45) is 14.1 Å². The molecule has 1 N–H and O–H groups in total. The van der Waals surface area contributed by atoms with Crippen LogP contribution in [0, 0.1) is 6.92 Å². The average Bonchev–Trinajstić information content (AvgIpc) is 2.44. The van der Waals surface area contributed by atoms with Crippen molar-refractivity contribution in [2.75, 3.05) is 4.72 Å². The van der Waals surface area contributed by atoms with Gasteiger partial charge in [0, 0.05) is 25.3 Å². The highest BCUT2D eigenvalue weighted by Crippen LogP contribution is 2.22. The van der Waals surface area contributed by atoms with Crippen LogP contribution in [0.15, 0.2) is 38.9 Å². The summed E-state index contributed by atoms with van der Waals surface area (Å²) in [6, 6.07) is 4.72. The molecule has 0 atom stereocenters. The number of halogens is 1. The normalized spacial score (nSPS) is 11.5. The summed E-state index contributed by atoms with van der Waals surface area (Å²) in [6.45, 7) is 1.70. The van der Waals surface area contributed by atoms with E-state index in [1.807, 2.05) is 0 Å². The van der Waals surface area contributed by atoms with E-state index in [9.17, 15) is 18.0 Å². The number of hydrogen-bond acceptors (Lipinski definition) is 4. The quantitative estimate of drug-likeness (QED) is 0.894. The molecular weight excluding hydrogens is 330 g/mol. The SMILES string of the molecule is Cc1ccc(Cl)cc1NS(=O)(=O)c1cn(C)c(=O)n(C)c1=O. The van der Waals surface area contributed by atoms with Gasteiger partial charge in [0.1, 0.15) is 0 Å². The molecule has 2 rings (SSSR count). The first-order valence-electron chi connectivity index (χ1n) is 6.19. The number of hydrogen-bond donors (Lipinski definition) is 1. The van der Waals surface area contributed by atoms with Crippen molar-refractivity contribution in [1.82, 2.24) is 9.13 Å². The van der Waals surface area contributed by atoms with Crippen LogP contribution in [-0.4, -0.2) is 17.6 Å². The minimum atomic E-state index is -4.15. The minimum Gasteiger partial charge on any atom is -0.302 e. The van der Waals surface area contributed by atoms with Gasteiger partial charge in [-0.15, -0.1) is 0 Å². The Balaban J connectivity index is 2.60. The molecule has 118 valence electrons. The number of nitrogens with one attached hydrogen (secondary N) is 1. The standard InChI is InChI=1S/C13H14ClN3O4S/c1-8-4-5-9(14)6-10(8)15-22(20,21)11-7-16(2)13(19)17(3)12(11)18/h4-7,15H,1-3H3. The van der Waals surface area contributed by atoms with Gasteiger partial charge in [0.05, 0.1) is 5.69 Å². The molecule has 2 aromatic rings. The highest BCUT2D eigenvalue weighted by atomic mass is 35.5. The molecule has 1 aromatic carbocycles. The Labute approximate surface area is 131 Å². The summed E-state index contributed by atoms with van der Waals surface area (Å²) in [6.07, 6.45) is 0.993. The molecular formula is C13H14ClN3O4S. The summed E-state index contributed by atoms with van der Waals surface area (Å²) in [5, 5.41) is 0.358. The largest absolute Gasteiger partial charge is 0.330 e. The van der Waals surface area contributed by atoms with E-state index in [4.69, 9.17) is 11.6 Å². The van der Waals surface area contributed by atoms with Crippen LogP contribution < -0.4 is 16.0 Å².